The van der Waals surface area contributed by atoms with Crippen molar-refractivity contribution in [3.8, 4) is 11.5 Å². The molecule has 0 bridgehead atoms. The Bertz CT molecular complexity index is 1450. The lowest BCUT2D eigenvalue weighted by Gasteiger charge is -2.33. The molecular weight excluding hydrogens is 506 g/mol. The van der Waals surface area contributed by atoms with Gasteiger partial charge in [-0.15, -0.1) is 5.10 Å². The van der Waals surface area contributed by atoms with Gasteiger partial charge in [0.15, 0.2) is 0 Å². The molecule has 1 heterocycles. The minimum atomic E-state index is -0.934. The van der Waals surface area contributed by atoms with Crippen molar-refractivity contribution in [1.29, 1.82) is 0 Å². The van der Waals surface area contributed by atoms with Gasteiger partial charge in [0.05, 0.1) is 19.7 Å². The largest absolute Gasteiger partial charge is 0.497 e. The molecule has 5 rings (SSSR count). The summed E-state index contributed by atoms with van der Waals surface area (Å²) in [5.41, 5.74) is 3.10. The molecule has 9 heteroatoms. The molecule has 9 nitrogen and oxygen atoms in total. The number of hydrogen-bond acceptors (Lipinski definition) is 6. The number of nitrogens with one attached hydrogen (secondary N) is 1. The number of methoxy groups -OCH3 is 2. The molecule has 40 heavy (non-hydrogen) atoms. The SMILES string of the molecule is COc1ccc(OC)c(C(C(=O)NC2CCCC2)N(CCc2ccccc2)C(=O)Cn2nnc3ccccc32)c1. The van der Waals surface area contributed by atoms with Gasteiger partial charge in [-0.25, -0.2) is 4.68 Å². The molecule has 1 saturated carbocycles. The highest BCUT2D eigenvalue weighted by Gasteiger charge is 2.35. The number of nitrogens with zero attached hydrogens (tertiary/aromatic N) is 4. The van der Waals surface area contributed by atoms with E-state index in [-0.39, 0.29) is 24.4 Å². The average molecular weight is 542 g/mol. The zero-order valence-corrected chi connectivity index (χ0v) is 23.0. The van der Waals surface area contributed by atoms with Gasteiger partial charge in [0.1, 0.15) is 29.6 Å². The third-order valence-electron chi connectivity index (χ3n) is 7.50. The number of hydrogen-bond donors (Lipinski definition) is 1. The number of rotatable bonds is 11. The topological polar surface area (TPSA) is 98.6 Å². The first-order valence-corrected chi connectivity index (χ1v) is 13.7. The molecule has 1 unspecified atom stereocenters. The third-order valence-corrected chi connectivity index (χ3v) is 7.50. The van der Waals surface area contributed by atoms with Gasteiger partial charge in [-0.3, -0.25) is 9.59 Å². The lowest BCUT2D eigenvalue weighted by molar-refractivity contribution is -0.141. The van der Waals surface area contributed by atoms with Crippen molar-refractivity contribution in [1.82, 2.24) is 25.2 Å². The van der Waals surface area contributed by atoms with Gasteiger partial charge in [0.2, 0.25) is 11.8 Å². The van der Waals surface area contributed by atoms with Crippen molar-refractivity contribution in [3.05, 3.63) is 83.9 Å². The number of para-hydroxylation sites is 1. The molecule has 0 radical (unpaired) electrons. The fourth-order valence-corrected chi connectivity index (χ4v) is 5.40. The first-order chi connectivity index (χ1) is 19.6. The predicted molar refractivity (Wildman–Crippen MR) is 152 cm³/mol. The summed E-state index contributed by atoms with van der Waals surface area (Å²) in [6.45, 7) is 0.257. The smallest absolute Gasteiger partial charge is 0.247 e. The van der Waals surface area contributed by atoms with Crippen molar-refractivity contribution in [2.24, 2.45) is 0 Å². The van der Waals surface area contributed by atoms with Gasteiger partial charge in [0.25, 0.3) is 0 Å². The zero-order valence-electron chi connectivity index (χ0n) is 23.0. The van der Waals surface area contributed by atoms with Crippen LogP contribution < -0.4 is 14.8 Å². The first-order valence-electron chi connectivity index (χ1n) is 13.7. The summed E-state index contributed by atoms with van der Waals surface area (Å²) in [5.74, 6) is 0.606. The maximum Gasteiger partial charge on any atom is 0.247 e. The van der Waals surface area contributed by atoms with Crippen LogP contribution in [0.15, 0.2) is 72.8 Å². The van der Waals surface area contributed by atoms with Gasteiger partial charge >= 0.3 is 0 Å². The van der Waals surface area contributed by atoms with E-state index < -0.39 is 6.04 Å². The van der Waals surface area contributed by atoms with E-state index in [0.29, 0.717) is 35.5 Å². The van der Waals surface area contributed by atoms with E-state index in [1.807, 2.05) is 54.6 Å². The molecule has 1 N–H and O–H groups in total. The fourth-order valence-electron chi connectivity index (χ4n) is 5.40. The van der Waals surface area contributed by atoms with Gasteiger partial charge in [-0.05, 0) is 55.2 Å². The van der Waals surface area contributed by atoms with Crippen LogP contribution in [-0.2, 0) is 22.6 Å². The van der Waals surface area contributed by atoms with Gasteiger partial charge in [-0.1, -0.05) is 60.5 Å². The number of ether oxygens (including phenoxy) is 2. The Morgan fingerprint density at radius 1 is 1.00 bits per heavy atom. The molecule has 0 spiro atoms. The average Bonchev–Trinajstić information content (AvgIpc) is 3.65. The van der Waals surface area contributed by atoms with E-state index in [0.717, 1.165) is 36.8 Å². The standard InChI is InChI=1S/C31H35N5O4/c1-39-24-16-17-28(40-2)25(20-24)30(31(38)32-23-12-6-7-13-23)35(19-18-22-10-4-3-5-11-22)29(37)21-36-27-15-9-8-14-26(27)33-34-36/h3-5,8-11,14-17,20,23,30H,6-7,12-13,18-19,21H2,1-2H3,(H,32,38). The van der Waals surface area contributed by atoms with E-state index in [1.54, 1.807) is 42.0 Å². The quantitative estimate of drug-likeness (QED) is 0.304. The number of fused-ring (bicyclic) bond motifs is 1. The Labute approximate surface area is 234 Å². The monoisotopic (exact) mass is 541 g/mol. The Hall–Kier alpha value is -4.40. The van der Waals surface area contributed by atoms with Crippen LogP contribution in [0.5, 0.6) is 11.5 Å². The minimum absolute atomic E-state index is 0.0607. The van der Waals surface area contributed by atoms with Crippen molar-refractivity contribution in [2.45, 2.75) is 50.7 Å². The molecule has 3 aromatic carbocycles. The summed E-state index contributed by atoms with van der Waals surface area (Å²) in [6.07, 6.45) is 4.58. The second-order valence-electron chi connectivity index (χ2n) is 10.1. The molecule has 1 aliphatic rings. The Morgan fingerprint density at radius 3 is 2.50 bits per heavy atom. The molecule has 1 aromatic heterocycles. The van der Waals surface area contributed by atoms with Gasteiger partial charge in [-0.2, -0.15) is 0 Å². The lowest BCUT2D eigenvalue weighted by atomic mass is 10.0. The Balaban J connectivity index is 1.55. The summed E-state index contributed by atoms with van der Waals surface area (Å²) in [4.78, 5) is 29.9. The first kappa shape index (κ1) is 27.2. The number of aromatic nitrogens is 3. The van der Waals surface area contributed by atoms with Gasteiger partial charge in [0, 0.05) is 18.2 Å². The molecule has 1 aliphatic carbocycles. The molecule has 0 aliphatic heterocycles. The van der Waals surface area contributed by atoms with Crippen LogP contribution in [0.4, 0.5) is 0 Å². The van der Waals surface area contributed by atoms with Crippen LogP contribution in [0.25, 0.3) is 11.0 Å². The molecular formula is C31H35N5O4. The maximum atomic E-state index is 14.2. The fraction of sp³-hybridized carbons (Fsp3) is 0.355. The van der Waals surface area contributed by atoms with E-state index >= 15 is 0 Å². The maximum absolute atomic E-state index is 14.2. The van der Waals surface area contributed by atoms with Crippen molar-refractivity contribution in [3.63, 3.8) is 0 Å². The summed E-state index contributed by atoms with van der Waals surface area (Å²) in [5, 5.41) is 11.7. The summed E-state index contributed by atoms with van der Waals surface area (Å²) >= 11 is 0. The van der Waals surface area contributed by atoms with Crippen LogP contribution >= 0.6 is 0 Å². The molecule has 2 amide bonds. The van der Waals surface area contributed by atoms with Crippen molar-refractivity contribution < 1.29 is 19.1 Å². The summed E-state index contributed by atoms with van der Waals surface area (Å²) in [6, 6.07) is 21.9. The number of carbonyl (C=O) groups is 2. The highest BCUT2D eigenvalue weighted by atomic mass is 16.5. The van der Waals surface area contributed by atoms with E-state index in [1.165, 1.54) is 0 Å². The zero-order chi connectivity index (χ0) is 27.9. The molecule has 4 aromatic rings. The summed E-state index contributed by atoms with van der Waals surface area (Å²) in [7, 11) is 3.14. The van der Waals surface area contributed by atoms with Crippen LogP contribution in [0.2, 0.25) is 0 Å². The van der Waals surface area contributed by atoms with Crippen LogP contribution in [0.1, 0.15) is 42.9 Å². The van der Waals surface area contributed by atoms with Crippen molar-refractivity contribution in [2.75, 3.05) is 20.8 Å². The predicted octanol–water partition coefficient (Wildman–Crippen LogP) is 4.32. The Morgan fingerprint density at radius 2 is 1.75 bits per heavy atom. The van der Waals surface area contributed by atoms with E-state index in [4.69, 9.17) is 9.47 Å². The molecule has 1 atom stereocenters. The number of amides is 2. The minimum Gasteiger partial charge on any atom is -0.497 e. The number of benzene rings is 3. The third kappa shape index (κ3) is 6.09. The number of carbonyl (C=O) groups excluding carboxylic acids is 2. The van der Waals surface area contributed by atoms with Gasteiger partial charge < -0.3 is 19.7 Å². The highest BCUT2D eigenvalue weighted by molar-refractivity contribution is 5.90. The second kappa shape index (κ2) is 12.6. The normalized spacial score (nSPS) is 14.2. The van der Waals surface area contributed by atoms with Crippen LogP contribution in [-0.4, -0.2) is 58.5 Å². The van der Waals surface area contributed by atoms with Crippen LogP contribution in [0.3, 0.4) is 0 Å². The molecule has 1 fully saturated rings. The van der Waals surface area contributed by atoms with E-state index in [9.17, 15) is 9.59 Å². The Kier molecular flexibility index (Phi) is 8.59. The summed E-state index contributed by atoms with van der Waals surface area (Å²) < 4.78 is 12.8. The molecule has 0 saturated heterocycles. The van der Waals surface area contributed by atoms with Crippen molar-refractivity contribution >= 4 is 22.8 Å². The highest BCUT2D eigenvalue weighted by Crippen LogP contribution is 2.34. The lowest BCUT2D eigenvalue weighted by Crippen LogP contribution is -2.47. The van der Waals surface area contributed by atoms with Crippen LogP contribution in [0, 0.1) is 0 Å². The molecule has 208 valence electrons. The second-order valence-corrected chi connectivity index (χ2v) is 10.1. The van der Waals surface area contributed by atoms with E-state index in [2.05, 4.69) is 15.6 Å².